The maximum atomic E-state index is 14.4. The fourth-order valence-electron chi connectivity index (χ4n) is 9.25. The lowest BCUT2D eigenvalue weighted by molar-refractivity contribution is -0.255. The summed E-state index contributed by atoms with van der Waals surface area (Å²) in [5.74, 6) is 0.327. The Morgan fingerprint density at radius 2 is 1.65 bits per heavy atom. The van der Waals surface area contributed by atoms with E-state index in [9.17, 15) is 15.0 Å². The second-order valence-corrected chi connectivity index (χ2v) is 18.9. The summed E-state index contributed by atoms with van der Waals surface area (Å²) in [6.45, 7) is 19.3. The third-order valence-corrected chi connectivity index (χ3v) is 11.7. The summed E-state index contributed by atoms with van der Waals surface area (Å²) in [5, 5.41) is 27.1. The molecular weight excluding hydrogens is 757 g/mol. The number of hydrogen-bond donors (Lipinski definition) is 2. The third kappa shape index (κ3) is 10.4. The molecule has 6 atom stereocenters. The molecular formula is C50H68N2O8. The molecule has 10 nitrogen and oxygen atoms in total. The molecule has 0 spiro atoms. The molecule has 10 heteroatoms. The summed E-state index contributed by atoms with van der Waals surface area (Å²) in [5.41, 5.74) is 1.93. The lowest BCUT2D eigenvalue weighted by atomic mass is 9.55. The Bertz CT molecular complexity index is 2000. The van der Waals surface area contributed by atoms with E-state index in [0.29, 0.717) is 43.7 Å². The minimum Gasteiger partial charge on any atom is -0.459 e. The van der Waals surface area contributed by atoms with Gasteiger partial charge < -0.3 is 34.0 Å². The molecule has 1 amide bonds. The van der Waals surface area contributed by atoms with E-state index in [2.05, 4.69) is 49.9 Å². The Balaban J connectivity index is 1.58. The van der Waals surface area contributed by atoms with Crippen LogP contribution in [0.25, 0.3) is 10.8 Å². The number of hydrogen-bond acceptors (Lipinski definition) is 9. The van der Waals surface area contributed by atoms with Crippen LogP contribution in [0.15, 0.2) is 90.1 Å². The van der Waals surface area contributed by atoms with Crippen molar-refractivity contribution >= 4 is 22.6 Å². The van der Waals surface area contributed by atoms with E-state index in [1.165, 1.54) is 0 Å². The maximum absolute atomic E-state index is 14.4. The molecule has 3 aromatic carbocycles. The molecule has 6 rings (SSSR count). The zero-order chi connectivity index (χ0) is 43.1. The lowest BCUT2D eigenvalue weighted by Gasteiger charge is -2.60. The highest BCUT2D eigenvalue weighted by atomic mass is 16.7. The van der Waals surface area contributed by atoms with Crippen molar-refractivity contribution in [1.82, 2.24) is 4.90 Å². The van der Waals surface area contributed by atoms with Crippen molar-refractivity contribution in [1.29, 1.82) is 0 Å². The van der Waals surface area contributed by atoms with E-state index in [0.717, 1.165) is 59.1 Å². The molecule has 3 aliphatic rings. The molecule has 60 heavy (non-hydrogen) atoms. The number of carbonyl (C=O) groups is 1. The van der Waals surface area contributed by atoms with E-state index in [1.54, 1.807) is 11.0 Å². The van der Waals surface area contributed by atoms with Gasteiger partial charge in [0.1, 0.15) is 28.9 Å². The van der Waals surface area contributed by atoms with E-state index < -0.39 is 29.4 Å². The van der Waals surface area contributed by atoms with Crippen molar-refractivity contribution < 1.29 is 38.8 Å². The first kappa shape index (κ1) is 45.2. The van der Waals surface area contributed by atoms with Gasteiger partial charge in [-0.3, -0.25) is 4.90 Å². The first-order chi connectivity index (χ1) is 28.7. The summed E-state index contributed by atoms with van der Waals surface area (Å²) in [6, 6.07) is 19.7. The monoisotopic (exact) mass is 824 g/mol. The number of rotatable bonds is 18. The van der Waals surface area contributed by atoms with Gasteiger partial charge in [0.2, 0.25) is 5.79 Å². The van der Waals surface area contributed by atoms with Crippen molar-refractivity contribution in [3.05, 3.63) is 90.5 Å². The van der Waals surface area contributed by atoms with Crippen molar-refractivity contribution in [3.63, 3.8) is 0 Å². The van der Waals surface area contributed by atoms with Crippen molar-refractivity contribution in [3.8, 4) is 17.2 Å². The topological polar surface area (TPSA) is 119 Å². The Morgan fingerprint density at radius 1 is 0.950 bits per heavy atom. The summed E-state index contributed by atoms with van der Waals surface area (Å²) < 4.78 is 27.2. The highest BCUT2D eigenvalue weighted by Gasteiger charge is 2.65. The number of nitrogens with zero attached hydrogens (tertiary/aromatic N) is 2. The molecule has 0 saturated heterocycles. The van der Waals surface area contributed by atoms with Crippen LogP contribution >= 0.6 is 0 Å². The van der Waals surface area contributed by atoms with Crippen molar-refractivity contribution in [2.45, 2.75) is 123 Å². The molecule has 1 aliphatic heterocycles. The minimum absolute atomic E-state index is 0.0882. The molecule has 2 N–H and O–H groups in total. The number of oxime groups is 1. The van der Waals surface area contributed by atoms with Gasteiger partial charge in [-0.1, -0.05) is 88.2 Å². The van der Waals surface area contributed by atoms with Gasteiger partial charge in [-0.2, -0.15) is 0 Å². The molecule has 0 bridgehead atoms. The zero-order valence-electron chi connectivity index (χ0n) is 37.0. The Morgan fingerprint density at radius 3 is 2.33 bits per heavy atom. The van der Waals surface area contributed by atoms with Crippen LogP contribution in [0.1, 0.15) is 111 Å². The molecule has 1 heterocycles. The van der Waals surface area contributed by atoms with Crippen LogP contribution in [-0.4, -0.2) is 77.3 Å². The number of ether oxygens (including phenoxy) is 4. The standard InChI is InChI=1S/C50H68N2O8/c1-9-25-52(47(55)56-33-48(3,4)5)44-32-42(51-60-49(6,7)8)40-30-36(19-13-15-26-53)39(20-14-16-27-54)45-41-31-38(58-37-22-21-34-17-11-12-18-35(34)29-37)23-24-43(41)59-50(44,46(40)45)57-28-10-2/h10-12,17-18,21-24,29-31,36,39,44-46,53-54H,2,9,13-16,19-20,25-28,32-33H2,1,3-8H3. The predicted molar refractivity (Wildman–Crippen MR) is 238 cm³/mol. The van der Waals surface area contributed by atoms with Gasteiger partial charge in [-0.25, -0.2) is 4.79 Å². The van der Waals surface area contributed by atoms with Crippen LogP contribution in [-0.2, 0) is 14.3 Å². The van der Waals surface area contributed by atoms with E-state index in [4.69, 9.17) is 28.9 Å². The van der Waals surface area contributed by atoms with Crippen LogP contribution in [0.5, 0.6) is 17.2 Å². The summed E-state index contributed by atoms with van der Waals surface area (Å²) in [6.07, 6.45) is 9.42. The van der Waals surface area contributed by atoms with Crippen LogP contribution in [0.4, 0.5) is 4.79 Å². The SMILES string of the molecule is C=CCOC12Oc3ccc(Oc4ccc5ccccc5c4)cc3C3C(CCCCO)C(CCCCO)C=C(C(=NOC(C)(C)C)CC1N(CCC)C(=O)OCC(C)(C)C)C32. The molecule has 0 aromatic heterocycles. The fraction of sp³-hybridized carbons (Fsp3) is 0.560. The van der Waals surface area contributed by atoms with Gasteiger partial charge in [-0.15, -0.1) is 6.58 Å². The number of unbranched alkanes of at least 4 members (excludes halogenated alkanes) is 2. The number of carbonyl (C=O) groups excluding carboxylic acids is 1. The first-order valence-electron chi connectivity index (χ1n) is 22.1. The number of benzene rings is 3. The predicted octanol–water partition coefficient (Wildman–Crippen LogP) is 11.0. The van der Waals surface area contributed by atoms with Gasteiger partial charge in [0.15, 0.2) is 0 Å². The van der Waals surface area contributed by atoms with Crippen LogP contribution in [0.3, 0.4) is 0 Å². The third-order valence-electron chi connectivity index (χ3n) is 11.7. The number of aliphatic hydroxyl groups is 2. The summed E-state index contributed by atoms with van der Waals surface area (Å²) >= 11 is 0. The molecule has 0 radical (unpaired) electrons. The van der Waals surface area contributed by atoms with Gasteiger partial charge >= 0.3 is 6.09 Å². The number of aliphatic hydroxyl groups excluding tert-OH is 2. The zero-order valence-corrected chi connectivity index (χ0v) is 37.0. The second kappa shape index (κ2) is 19.6. The van der Waals surface area contributed by atoms with E-state index in [-0.39, 0.29) is 49.6 Å². The number of fused-ring (bicyclic) bond motifs is 3. The fourth-order valence-corrected chi connectivity index (χ4v) is 9.25. The van der Waals surface area contributed by atoms with Crippen molar-refractivity contribution in [2.75, 3.05) is 33.0 Å². The largest absolute Gasteiger partial charge is 0.459 e. The summed E-state index contributed by atoms with van der Waals surface area (Å²) in [7, 11) is 0. The average molecular weight is 825 g/mol. The normalized spacial score (nSPS) is 24.2. The molecule has 2 aliphatic carbocycles. The highest BCUT2D eigenvalue weighted by Crippen LogP contribution is 2.62. The molecule has 6 unspecified atom stereocenters. The van der Waals surface area contributed by atoms with E-state index >= 15 is 0 Å². The quantitative estimate of drug-likeness (QED) is 0.0739. The molecule has 3 aromatic rings. The number of allylic oxidation sites excluding steroid dienone is 1. The molecule has 1 saturated carbocycles. The second-order valence-electron chi connectivity index (χ2n) is 18.9. The Hall–Kier alpha value is -4.38. The maximum Gasteiger partial charge on any atom is 0.410 e. The van der Waals surface area contributed by atoms with Crippen LogP contribution in [0.2, 0.25) is 0 Å². The van der Waals surface area contributed by atoms with E-state index in [1.807, 2.05) is 71.9 Å². The minimum atomic E-state index is -1.36. The van der Waals surface area contributed by atoms with Gasteiger partial charge in [0, 0.05) is 37.7 Å². The van der Waals surface area contributed by atoms with Crippen LogP contribution in [0, 0.1) is 23.2 Å². The smallest absolute Gasteiger partial charge is 0.410 e. The average Bonchev–Trinajstić information content (AvgIpc) is 3.21. The van der Waals surface area contributed by atoms with Crippen molar-refractivity contribution in [2.24, 2.45) is 28.3 Å². The highest BCUT2D eigenvalue weighted by molar-refractivity contribution is 6.03. The van der Waals surface area contributed by atoms with Gasteiger partial charge in [0.25, 0.3) is 0 Å². The lowest BCUT2D eigenvalue weighted by Crippen LogP contribution is -2.70. The Kier molecular flexibility index (Phi) is 14.7. The van der Waals surface area contributed by atoms with Gasteiger partial charge in [-0.05, 0) is 117 Å². The molecule has 326 valence electrons. The Labute approximate surface area is 357 Å². The van der Waals surface area contributed by atoms with Gasteiger partial charge in [0.05, 0.1) is 24.8 Å². The molecule has 1 fully saturated rings. The first-order valence-corrected chi connectivity index (χ1v) is 22.1. The summed E-state index contributed by atoms with van der Waals surface area (Å²) in [4.78, 5) is 22.5. The van der Waals surface area contributed by atoms with Crippen LogP contribution < -0.4 is 9.47 Å². The number of amides is 1.